The minimum Gasteiger partial charge on any atom is -0.497 e. The maximum Gasteiger partial charge on any atom is 0.195 e. The molecule has 102 valence electrons. The van der Waals surface area contributed by atoms with Crippen LogP contribution in [0, 0.1) is 0 Å². The van der Waals surface area contributed by atoms with Crippen molar-refractivity contribution in [3.8, 4) is 5.75 Å². The maximum absolute atomic E-state index is 8.80. The lowest BCUT2D eigenvalue weighted by atomic mass is 10.3. The summed E-state index contributed by atoms with van der Waals surface area (Å²) < 4.78 is 7.03. The molecule has 1 N–H and O–H groups in total. The van der Waals surface area contributed by atoms with Gasteiger partial charge in [0.05, 0.1) is 13.3 Å². The Morgan fingerprint density at radius 3 is 2.90 bits per heavy atom. The molecule has 0 radical (unpaired) electrons. The summed E-state index contributed by atoms with van der Waals surface area (Å²) in [7, 11) is 1.64. The largest absolute Gasteiger partial charge is 0.497 e. The smallest absolute Gasteiger partial charge is 0.195 e. The second-order valence-corrected chi connectivity index (χ2v) is 5.82. The Labute approximate surface area is 123 Å². The van der Waals surface area contributed by atoms with Gasteiger partial charge in [0.2, 0.25) is 0 Å². The van der Waals surface area contributed by atoms with Crippen molar-refractivity contribution in [2.75, 3.05) is 7.11 Å². The molecule has 0 aliphatic rings. The predicted molar refractivity (Wildman–Crippen MR) is 79.6 cm³/mol. The second-order valence-electron chi connectivity index (χ2n) is 3.88. The Morgan fingerprint density at radius 1 is 1.40 bits per heavy atom. The van der Waals surface area contributed by atoms with Gasteiger partial charge in [-0.3, -0.25) is 4.40 Å². The van der Waals surface area contributed by atoms with Gasteiger partial charge in [-0.15, -0.1) is 11.3 Å². The number of imidazole rings is 1. The van der Waals surface area contributed by atoms with Gasteiger partial charge >= 0.3 is 0 Å². The fourth-order valence-corrected chi connectivity index (χ4v) is 3.45. The number of thiazole rings is 1. The Bertz CT molecular complexity index is 747. The molecule has 0 amide bonds. The predicted octanol–water partition coefficient (Wildman–Crippen LogP) is 3.36. The van der Waals surface area contributed by atoms with E-state index in [1.165, 1.54) is 18.0 Å². The second kappa shape index (κ2) is 5.56. The van der Waals surface area contributed by atoms with E-state index in [2.05, 4.69) is 10.1 Å². The Kier molecular flexibility index (Phi) is 3.62. The fourth-order valence-electron chi connectivity index (χ4n) is 1.79. The third-order valence-corrected chi connectivity index (χ3v) is 4.48. The molecule has 3 rings (SSSR count). The first-order chi connectivity index (χ1) is 9.81. The van der Waals surface area contributed by atoms with Crippen molar-refractivity contribution in [1.29, 1.82) is 0 Å². The summed E-state index contributed by atoms with van der Waals surface area (Å²) in [5.41, 5.74) is 0.768. The summed E-state index contributed by atoms with van der Waals surface area (Å²) in [6.07, 6.45) is 3.31. The van der Waals surface area contributed by atoms with Crippen LogP contribution in [0.4, 0.5) is 0 Å². The quantitative estimate of drug-likeness (QED) is 0.456. The summed E-state index contributed by atoms with van der Waals surface area (Å²) in [4.78, 5) is 6.46. The Hall–Kier alpha value is -1.99. The van der Waals surface area contributed by atoms with E-state index in [1.807, 2.05) is 40.2 Å². The minimum atomic E-state index is 0.768. The van der Waals surface area contributed by atoms with Crippen molar-refractivity contribution in [2.24, 2.45) is 5.16 Å². The van der Waals surface area contributed by atoms with E-state index < -0.39 is 0 Å². The number of hydrogen-bond donors (Lipinski definition) is 1. The van der Waals surface area contributed by atoms with Gasteiger partial charge in [-0.2, -0.15) is 0 Å². The number of rotatable bonds is 4. The van der Waals surface area contributed by atoms with Crippen LogP contribution in [-0.2, 0) is 0 Å². The molecule has 0 aliphatic carbocycles. The number of methoxy groups -OCH3 is 1. The van der Waals surface area contributed by atoms with Gasteiger partial charge in [0, 0.05) is 16.5 Å². The zero-order valence-corrected chi connectivity index (χ0v) is 12.2. The van der Waals surface area contributed by atoms with Crippen LogP contribution in [0.25, 0.3) is 4.96 Å². The molecule has 0 fully saturated rings. The number of oxime groups is 1. The minimum absolute atomic E-state index is 0.768. The SMILES string of the molecule is COc1ccc(Sc2nc3sccn3c2C=NO)cc1. The molecule has 0 saturated carbocycles. The van der Waals surface area contributed by atoms with E-state index in [0.29, 0.717) is 0 Å². The molecule has 0 atom stereocenters. The van der Waals surface area contributed by atoms with Gasteiger partial charge in [-0.05, 0) is 24.3 Å². The summed E-state index contributed by atoms with van der Waals surface area (Å²) in [6, 6.07) is 7.74. The maximum atomic E-state index is 8.80. The van der Waals surface area contributed by atoms with Gasteiger partial charge in [-0.25, -0.2) is 4.98 Å². The average molecular weight is 305 g/mol. The first-order valence-electron chi connectivity index (χ1n) is 5.76. The van der Waals surface area contributed by atoms with Gasteiger partial charge in [0.1, 0.15) is 16.5 Å². The van der Waals surface area contributed by atoms with Crippen LogP contribution < -0.4 is 4.74 Å². The number of ether oxygens (including phenoxy) is 1. The monoisotopic (exact) mass is 305 g/mol. The molecule has 0 bridgehead atoms. The van der Waals surface area contributed by atoms with E-state index in [-0.39, 0.29) is 0 Å². The van der Waals surface area contributed by atoms with E-state index in [0.717, 1.165) is 26.3 Å². The van der Waals surface area contributed by atoms with Crippen molar-refractivity contribution < 1.29 is 9.94 Å². The van der Waals surface area contributed by atoms with Gasteiger partial charge in [0.15, 0.2) is 4.96 Å². The molecule has 7 heteroatoms. The van der Waals surface area contributed by atoms with Gasteiger partial charge in [0.25, 0.3) is 0 Å². The third-order valence-electron chi connectivity index (χ3n) is 2.72. The molecule has 0 spiro atoms. The molecule has 5 nitrogen and oxygen atoms in total. The lowest BCUT2D eigenvalue weighted by Gasteiger charge is -2.02. The lowest BCUT2D eigenvalue weighted by molar-refractivity contribution is 0.321. The normalized spacial score (nSPS) is 11.4. The zero-order chi connectivity index (χ0) is 13.9. The van der Waals surface area contributed by atoms with Crippen molar-refractivity contribution in [2.45, 2.75) is 9.92 Å². The van der Waals surface area contributed by atoms with Crippen molar-refractivity contribution in [1.82, 2.24) is 9.38 Å². The van der Waals surface area contributed by atoms with Crippen LogP contribution in [0.2, 0.25) is 0 Å². The van der Waals surface area contributed by atoms with Crippen LogP contribution in [0.5, 0.6) is 5.75 Å². The first-order valence-corrected chi connectivity index (χ1v) is 7.46. The number of fused-ring (bicyclic) bond motifs is 1. The highest BCUT2D eigenvalue weighted by molar-refractivity contribution is 7.99. The highest BCUT2D eigenvalue weighted by atomic mass is 32.2. The summed E-state index contributed by atoms with van der Waals surface area (Å²) >= 11 is 3.06. The number of benzene rings is 1. The summed E-state index contributed by atoms with van der Waals surface area (Å²) in [5.74, 6) is 0.817. The Balaban J connectivity index is 1.96. The molecule has 20 heavy (non-hydrogen) atoms. The van der Waals surface area contributed by atoms with Crippen LogP contribution in [0.15, 0.2) is 50.9 Å². The Morgan fingerprint density at radius 2 is 2.20 bits per heavy atom. The standard InChI is InChI=1S/C13H11N3O2S2/c1-18-9-2-4-10(5-3-9)20-12-11(8-14-17)16-6-7-19-13(16)15-12/h2-8,17H,1H3. The van der Waals surface area contributed by atoms with Crippen LogP contribution in [-0.4, -0.2) is 27.9 Å². The van der Waals surface area contributed by atoms with Gasteiger partial charge in [-0.1, -0.05) is 16.9 Å². The third kappa shape index (κ3) is 2.37. The summed E-state index contributed by atoms with van der Waals surface area (Å²) in [5, 5.41) is 14.7. The average Bonchev–Trinajstić information content (AvgIpc) is 3.03. The molecule has 3 aromatic rings. The van der Waals surface area contributed by atoms with Crippen molar-refractivity contribution >= 4 is 34.3 Å². The van der Waals surface area contributed by atoms with E-state index in [4.69, 9.17) is 9.94 Å². The first kappa shape index (κ1) is 13.0. The van der Waals surface area contributed by atoms with Crippen LogP contribution in [0.1, 0.15) is 5.69 Å². The highest BCUT2D eigenvalue weighted by Gasteiger charge is 2.13. The molecule has 0 saturated heterocycles. The molecule has 0 aliphatic heterocycles. The lowest BCUT2D eigenvalue weighted by Crippen LogP contribution is -1.89. The summed E-state index contributed by atoms with van der Waals surface area (Å²) in [6.45, 7) is 0. The topological polar surface area (TPSA) is 59.1 Å². The van der Waals surface area contributed by atoms with Gasteiger partial charge < -0.3 is 9.94 Å². The van der Waals surface area contributed by atoms with Crippen LogP contribution >= 0.6 is 23.1 Å². The number of hydrogen-bond acceptors (Lipinski definition) is 6. The molecular weight excluding hydrogens is 294 g/mol. The van der Waals surface area contributed by atoms with Crippen molar-refractivity contribution in [3.05, 3.63) is 41.5 Å². The fraction of sp³-hybridized carbons (Fsp3) is 0.0769. The van der Waals surface area contributed by atoms with Crippen molar-refractivity contribution in [3.63, 3.8) is 0 Å². The molecule has 1 aromatic carbocycles. The zero-order valence-electron chi connectivity index (χ0n) is 10.6. The van der Waals surface area contributed by atoms with E-state index in [9.17, 15) is 0 Å². The highest BCUT2D eigenvalue weighted by Crippen LogP contribution is 2.31. The molecular formula is C13H11N3O2S2. The molecule has 2 heterocycles. The van der Waals surface area contributed by atoms with E-state index >= 15 is 0 Å². The van der Waals surface area contributed by atoms with Crippen LogP contribution in [0.3, 0.4) is 0 Å². The number of nitrogens with zero attached hydrogens (tertiary/aromatic N) is 3. The van der Waals surface area contributed by atoms with E-state index in [1.54, 1.807) is 18.4 Å². The molecule has 2 aromatic heterocycles. The molecule has 0 unspecified atom stereocenters. The number of aromatic nitrogens is 2.